The predicted molar refractivity (Wildman–Crippen MR) is 114 cm³/mol. The Morgan fingerprint density at radius 3 is 2.37 bits per heavy atom. The van der Waals surface area contributed by atoms with Crippen LogP contribution < -0.4 is 14.9 Å². The minimum absolute atomic E-state index is 0.0444. The van der Waals surface area contributed by atoms with Crippen molar-refractivity contribution in [1.29, 1.82) is 0 Å². The minimum atomic E-state index is -3.79. The van der Waals surface area contributed by atoms with Crippen LogP contribution in [0.5, 0.6) is 5.75 Å². The van der Waals surface area contributed by atoms with Crippen molar-refractivity contribution in [3.05, 3.63) is 84.7 Å². The van der Waals surface area contributed by atoms with Crippen molar-refractivity contribution >= 4 is 32.7 Å². The fourth-order valence-corrected chi connectivity index (χ4v) is 3.94. The number of imidazole rings is 1. The van der Waals surface area contributed by atoms with Gasteiger partial charge in [0.25, 0.3) is 15.9 Å². The number of methoxy groups -OCH3 is 1. The van der Waals surface area contributed by atoms with Gasteiger partial charge in [-0.15, -0.1) is 0 Å². The molecule has 0 aliphatic carbocycles. The summed E-state index contributed by atoms with van der Waals surface area (Å²) < 4.78 is 34.2. The van der Waals surface area contributed by atoms with Gasteiger partial charge in [-0.1, -0.05) is 12.1 Å². The molecule has 1 heterocycles. The molecule has 9 heteroatoms. The fraction of sp³-hybridized carbons (Fsp3) is 0.0476. The van der Waals surface area contributed by atoms with E-state index in [1.165, 1.54) is 42.4 Å². The summed E-state index contributed by atoms with van der Waals surface area (Å²) in [5.74, 6) is 0.240. The molecule has 30 heavy (non-hydrogen) atoms. The Bertz CT molecular complexity index is 1300. The summed E-state index contributed by atoms with van der Waals surface area (Å²) in [6.45, 7) is 0. The largest absolute Gasteiger partial charge is 0.497 e. The molecule has 0 radical (unpaired) electrons. The molecule has 0 spiro atoms. The number of carbonyl (C=O) groups excluding carboxylic acids is 1. The van der Waals surface area contributed by atoms with Crippen LogP contribution >= 0.6 is 0 Å². The van der Waals surface area contributed by atoms with Crippen LogP contribution in [0.2, 0.25) is 0 Å². The zero-order valence-electron chi connectivity index (χ0n) is 15.9. The number of hydrogen-bond acceptors (Lipinski definition) is 5. The van der Waals surface area contributed by atoms with Crippen molar-refractivity contribution in [2.75, 3.05) is 17.3 Å². The lowest BCUT2D eigenvalue weighted by molar-refractivity contribution is 0.101. The molecule has 8 nitrogen and oxygen atoms in total. The Morgan fingerprint density at radius 2 is 1.67 bits per heavy atom. The third-order valence-electron chi connectivity index (χ3n) is 4.44. The summed E-state index contributed by atoms with van der Waals surface area (Å²) in [4.78, 5) is 16.8. The second-order valence-electron chi connectivity index (χ2n) is 6.40. The second-order valence-corrected chi connectivity index (χ2v) is 8.08. The number of carbonyl (C=O) groups is 1. The average Bonchev–Trinajstić information content (AvgIpc) is 3.17. The van der Waals surface area contributed by atoms with Crippen LogP contribution in [0.3, 0.4) is 0 Å². The Balaban J connectivity index is 1.49. The number of ether oxygens (including phenoxy) is 1. The molecule has 0 bridgehead atoms. The van der Waals surface area contributed by atoms with Gasteiger partial charge in [-0.25, -0.2) is 18.1 Å². The lowest BCUT2D eigenvalue weighted by atomic mass is 10.2. The van der Waals surface area contributed by atoms with Crippen LogP contribution in [-0.2, 0) is 10.0 Å². The van der Waals surface area contributed by atoms with E-state index in [0.717, 1.165) is 11.0 Å². The van der Waals surface area contributed by atoms with E-state index in [2.05, 4.69) is 15.1 Å². The Morgan fingerprint density at radius 1 is 0.967 bits per heavy atom. The van der Waals surface area contributed by atoms with E-state index >= 15 is 0 Å². The highest BCUT2D eigenvalue weighted by molar-refractivity contribution is 7.92. The number of nitrogens with one attached hydrogen (secondary N) is 2. The maximum absolute atomic E-state index is 12.6. The molecule has 0 atom stereocenters. The van der Waals surface area contributed by atoms with Crippen LogP contribution in [0.25, 0.3) is 11.0 Å². The maximum atomic E-state index is 12.6. The van der Waals surface area contributed by atoms with Gasteiger partial charge < -0.3 is 4.74 Å². The monoisotopic (exact) mass is 422 g/mol. The van der Waals surface area contributed by atoms with E-state index in [0.29, 0.717) is 17.0 Å². The molecular weight excluding hydrogens is 404 g/mol. The van der Waals surface area contributed by atoms with Gasteiger partial charge in [0.2, 0.25) is 0 Å². The van der Waals surface area contributed by atoms with E-state index < -0.39 is 10.0 Å². The van der Waals surface area contributed by atoms with Crippen LogP contribution in [0.15, 0.2) is 84.0 Å². The zero-order chi connectivity index (χ0) is 21.1. The third-order valence-corrected chi connectivity index (χ3v) is 5.84. The van der Waals surface area contributed by atoms with Gasteiger partial charge in [0.05, 0.1) is 23.0 Å². The van der Waals surface area contributed by atoms with Crippen LogP contribution in [-0.4, -0.2) is 31.1 Å². The molecule has 0 saturated carbocycles. The number of amides is 1. The molecule has 4 rings (SSSR count). The van der Waals surface area contributed by atoms with E-state index in [1.807, 2.05) is 24.3 Å². The first kappa shape index (κ1) is 19.5. The first-order valence-electron chi connectivity index (χ1n) is 8.97. The van der Waals surface area contributed by atoms with Gasteiger partial charge >= 0.3 is 0 Å². The van der Waals surface area contributed by atoms with Gasteiger partial charge in [-0.05, 0) is 60.7 Å². The Labute approximate surface area is 173 Å². The minimum Gasteiger partial charge on any atom is -0.497 e. The van der Waals surface area contributed by atoms with Crippen molar-refractivity contribution in [2.45, 2.75) is 4.90 Å². The first-order chi connectivity index (χ1) is 14.5. The smallest absolute Gasteiger partial charge is 0.270 e. The molecule has 1 amide bonds. The number of nitrogens with zero attached hydrogens (tertiary/aromatic N) is 2. The number of benzene rings is 3. The maximum Gasteiger partial charge on any atom is 0.270 e. The summed E-state index contributed by atoms with van der Waals surface area (Å²) in [5.41, 5.74) is 4.96. The normalized spacial score (nSPS) is 11.2. The van der Waals surface area contributed by atoms with Gasteiger partial charge in [0.1, 0.15) is 12.1 Å². The molecule has 0 unspecified atom stereocenters. The molecule has 3 aromatic carbocycles. The number of sulfonamides is 1. The molecule has 0 aliphatic heterocycles. The standard InChI is InChI=1S/C21H18N4O4S/c1-29-17-10-8-16(9-11-17)24-30(27,28)18-12-6-15(7-13-18)21(26)23-25-14-22-19-4-2-3-5-20(19)25/h2-14,24H,1H3,(H,23,26). The molecule has 4 aromatic rings. The highest BCUT2D eigenvalue weighted by atomic mass is 32.2. The van der Waals surface area contributed by atoms with Crippen molar-refractivity contribution in [3.8, 4) is 5.75 Å². The van der Waals surface area contributed by atoms with Crippen molar-refractivity contribution in [3.63, 3.8) is 0 Å². The van der Waals surface area contributed by atoms with E-state index in [1.54, 1.807) is 24.3 Å². The zero-order valence-corrected chi connectivity index (χ0v) is 16.8. The summed E-state index contributed by atoms with van der Waals surface area (Å²) in [6.07, 6.45) is 1.51. The molecular formula is C21H18N4O4S. The van der Waals surface area contributed by atoms with Crippen LogP contribution in [0.1, 0.15) is 10.4 Å². The third kappa shape index (κ3) is 3.96. The molecule has 0 aliphatic rings. The Kier molecular flexibility index (Phi) is 5.11. The number of anilines is 1. The Hall–Kier alpha value is -3.85. The number of aromatic nitrogens is 2. The topological polar surface area (TPSA) is 102 Å². The van der Waals surface area contributed by atoms with E-state index in [9.17, 15) is 13.2 Å². The summed E-state index contributed by atoms with van der Waals surface area (Å²) >= 11 is 0. The lowest BCUT2D eigenvalue weighted by Crippen LogP contribution is -2.22. The molecule has 2 N–H and O–H groups in total. The van der Waals surface area contributed by atoms with Gasteiger partial charge in [0, 0.05) is 11.3 Å². The number of para-hydroxylation sites is 2. The molecule has 0 fully saturated rings. The van der Waals surface area contributed by atoms with Crippen LogP contribution in [0.4, 0.5) is 5.69 Å². The SMILES string of the molecule is COc1ccc(NS(=O)(=O)c2ccc(C(=O)Nn3cnc4ccccc43)cc2)cc1. The number of hydrogen-bond donors (Lipinski definition) is 2. The van der Waals surface area contributed by atoms with Crippen molar-refractivity contribution in [1.82, 2.24) is 9.66 Å². The predicted octanol–water partition coefficient (Wildman–Crippen LogP) is 3.23. The lowest BCUT2D eigenvalue weighted by Gasteiger charge is -2.10. The van der Waals surface area contributed by atoms with Crippen molar-refractivity contribution < 1.29 is 17.9 Å². The van der Waals surface area contributed by atoms with E-state index in [4.69, 9.17) is 4.74 Å². The van der Waals surface area contributed by atoms with Crippen LogP contribution in [0, 0.1) is 0 Å². The average molecular weight is 422 g/mol. The number of rotatable bonds is 6. The quantitative estimate of drug-likeness (QED) is 0.497. The van der Waals surface area contributed by atoms with Crippen molar-refractivity contribution in [2.24, 2.45) is 0 Å². The van der Waals surface area contributed by atoms with E-state index in [-0.39, 0.29) is 10.8 Å². The van der Waals surface area contributed by atoms with Gasteiger partial charge in [-0.3, -0.25) is 14.9 Å². The highest BCUT2D eigenvalue weighted by Crippen LogP contribution is 2.20. The molecule has 0 saturated heterocycles. The molecule has 152 valence electrons. The summed E-state index contributed by atoms with van der Waals surface area (Å²) in [5, 5.41) is 0. The number of fused-ring (bicyclic) bond motifs is 1. The summed E-state index contributed by atoms with van der Waals surface area (Å²) in [7, 11) is -2.26. The summed E-state index contributed by atoms with van der Waals surface area (Å²) in [6, 6.07) is 19.6. The molecule has 1 aromatic heterocycles. The first-order valence-corrected chi connectivity index (χ1v) is 10.4. The van der Waals surface area contributed by atoms with Gasteiger partial charge in [-0.2, -0.15) is 0 Å². The second kappa shape index (κ2) is 7.88. The fourth-order valence-electron chi connectivity index (χ4n) is 2.88. The highest BCUT2D eigenvalue weighted by Gasteiger charge is 2.16. The van der Waals surface area contributed by atoms with Gasteiger partial charge in [0.15, 0.2) is 0 Å².